The maximum Gasteiger partial charge on any atom is 0.246 e. The summed E-state index contributed by atoms with van der Waals surface area (Å²) in [7, 11) is 4.66. The predicted molar refractivity (Wildman–Crippen MR) is 194 cm³/mol. The highest BCUT2D eigenvalue weighted by Crippen LogP contribution is 2.50. The third-order valence-electron chi connectivity index (χ3n) is 8.71. The second-order valence-electron chi connectivity index (χ2n) is 13.2. The van der Waals surface area contributed by atoms with Crippen LogP contribution in [0.15, 0.2) is 53.3 Å². The van der Waals surface area contributed by atoms with Gasteiger partial charge < -0.3 is 30.2 Å². The summed E-state index contributed by atoms with van der Waals surface area (Å²) in [6, 6.07) is 13.1. The molecule has 0 saturated heterocycles. The Labute approximate surface area is 292 Å². The van der Waals surface area contributed by atoms with Crippen LogP contribution in [0.5, 0.6) is 17.2 Å². The van der Waals surface area contributed by atoms with E-state index in [9.17, 15) is 14.4 Å². The minimum absolute atomic E-state index is 0.138. The molecule has 2 amide bonds. The number of ether oxygens (including phenoxy) is 3. The molecule has 4 N–H and O–H groups in total. The van der Waals surface area contributed by atoms with Crippen molar-refractivity contribution in [1.82, 2.24) is 20.5 Å². The monoisotopic (exact) mass is 682 g/mol. The van der Waals surface area contributed by atoms with E-state index in [0.29, 0.717) is 59.1 Å². The number of hydrogen-bond acceptors (Lipinski definition) is 9. The van der Waals surface area contributed by atoms with E-state index in [1.807, 2.05) is 58.0 Å². The summed E-state index contributed by atoms with van der Waals surface area (Å²) in [5, 5.41) is 16.6. The first-order valence-electron chi connectivity index (χ1n) is 16.8. The quantitative estimate of drug-likeness (QED) is 0.136. The maximum atomic E-state index is 14.0. The number of carbonyl (C=O) groups is 2. The summed E-state index contributed by atoms with van der Waals surface area (Å²) < 4.78 is 17.2. The van der Waals surface area contributed by atoms with Crippen LogP contribution in [0.1, 0.15) is 76.4 Å². The molecule has 5 rings (SSSR count). The molecule has 1 aliphatic carbocycles. The lowest BCUT2D eigenvalue weighted by molar-refractivity contribution is -0.120. The van der Waals surface area contributed by atoms with E-state index in [1.54, 1.807) is 39.5 Å². The largest absolute Gasteiger partial charge is 0.493 e. The van der Waals surface area contributed by atoms with Crippen molar-refractivity contribution < 1.29 is 23.8 Å². The Balaban J connectivity index is 1.53. The number of methoxy groups -OCH3 is 3. The van der Waals surface area contributed by atoms with E-state index >= 15 is 0 Å². The molecule has 0 radical (unpaired) electrons. The number of rotatable bonds is 12. The number of amides is 2. The Morgan fingerprint density at radius 1 is 0.980 bits per heavy atom. The second kappa shape index (κ2) is 15.4. The molecule has 0 unspecified atom stereocenters. The van der Waals surface area contributed by atoms with Gasteiger partial charge in [-0.3, -0.25) is 19.5 Å². The van der Waals surface area contributed by atoms with Crippen LogP contribution in [0.4, 0.5) is 11.4 Å². The van der Waals surface area contributed by atoms with Crippen molar-refractivity contribution in [3.8, 4) is 39.8 Å². The summed E-state index contributed by atoms with van der Waals surface area (Å²) in [4.78, 5) is 44.7. The zero-order chi connectivity index (χ0) is 36.1. The van der Waals surface area contributed by atoms with Crippen molar-refractivity contribution in [3.63, 3.8) is 0 Å². The molecule has 0 bridgehead atoms. The van der Waals surface area contributed by atoms with Crippen LogP contribution in [0.2, 0.25) is 0 Å². The molecular formula is C38H46N6O6. The first-order valence-corrected chi connectivity index (χ1v) is 16.8. The van der Waals surface area contributed by atoms with Crippen LogP contribution < -0.4 is 35.6 Å². The van der Waals surface area contributed by atoms with Crippen LogP contribution in [0.25, 0.3) is 22.5 Å². The molecule has 0 saturated carbocycles. The third kappa shape index (κ3) is 7.74. The van der Waals surface area contributed by atoms with Crippen LogP contribution in [-0.2, 0) is 16.0 Å². The van der Waals surface area contributed by atoms with Crippen molar-refractivity contribution in [1.29, 1.82) is 0 Å². The number of nitrogens with zero attached hydrogens (tertiary/aromatic N) is 2. The number of nitrogens with one attached hydrogen (secondary N) is 4. The topological polar surface area (TPSA) is 157 Å². The molecule has 3 aromatic carbocycles. The minimum Gasteiger partial charge on any atom is -0.493 e. The summed E-state index contributed by atoms with van der Waals surface area (Å²) in [5.41, 5.74) is 4.28. The van der Waals surface area contributed by atoms with Gasteiger partial charge in [-0.2, -0.15) is 5.10 Å². The molecule has 12 nitrogen and oxygen atoms in total. The van der Waals surface area contributed by atoms with Gasteiger partial charge in [-0.25, -0.2) is 4.98 Å². The van der Waals surface area contributed by atoms with Gasteiger partial charge in [0, 0.05) is 29.7 Å². The van der Waals surface area contributed by atoms with Crippen LogP contribution >= 0.6 is 0 Å². The number of benzene rings is 2. The van der Waals surface area contributed by atoms with E-state index in [2.05, 4.69) is 31.1 Å². The molecule has 2 atom stereocenters. The Kier molecular flexibility index (Phi) is 11.1. The molecule has 0 spiro atoms. The summed E-state index contributed by atoms with van der Waals surface area (Å²) in [6.45, 7) is 9.56. The lowest BCUT2D eigenvalue weighted by Crippen LogP contribution is -2.37. The van der Waals surface area contributed by atoms with Crippen LogP contribution in [0, 0.1) is 5.92 Å². The zero-order valence-electron chi connectivity index (χ0n) is 29.9. The number of carbonyl (C=O) groups excluding carboxylic acids is 2. The molecular weight excluding hydrogens is 636 g/mol. The average Bonchev–Trinajstić information content (AvgIpc) is 3.47. The van der Waals surface area contributed by atoms with Gasteiger partial charge in [-0.05, 0) is 72.2 Å². The van der Waals surface area contributed by atoms with Gasteiger partial charge in [0.25, 0.3) is 0 Å². The van der Waals surface area contributed by atoms with Gasteiger partial charge in [0.05, 0.1) is 33.1 Å². The van der Waals surface area contributed by atoms with Crippen LogP contribution in [-0.4, -0.2) is 54.4 Å². The Hall–Kier alpha value is -5.39. The SMILES string of the molecule is COc1cc2c(c(OC)c1OC)-c1ccc(N[C@H](CC(C)C)C(=O)Nc3cccc(-c4n[nH]c(C(C)C)n4)c3)c(=O)cc1[C@@H](NC(C)=O)CC2. The lowest BCUT2D eigenvalue weighted by Gasteiger charge is -2.21. The number of anilines is 2. The smallest absolute Gasteiger partial charge is 0.246 e. The van der Waals surface area contributed by atoms with Crippen molar-refractivity contribution in [2.75, 3.05) is 32.0 Å². The lowest BCUT2D eigenvalue weighted by atomic mass is 9.95. The number of aromatic amines is 1. The number of fused-ring (bicyclic) bond motifs is 3. The van der Waals surface area contributed by atoms with Gasteiger partial charge in [-0.1, -0.05) is 45.9 Å². The first-order chi connectivity index (χ1) is 23.9. The van der Waals surface area contributed by atoms with Gasteiger partial charge in [-0.15, -0.1) is 0 Å². The fourth-order valence-electron chi connectivity index (χ4n) is 6.34. The van der Waals surface area contributed by atoms with E-state index in [-0.39, 0.29) is 34.8 Å². The average molecular weight is 683 g/mol. The third-order valence-corrected chi connectivity index (χ3v) is 8.71. The molecule has 12 heteroatoms. The normalized spacial score (nSPS) is 14.2. The number of hydrogen-bond donors (Lipinski definition) is 4. The van der Waals surface area contributed by atoms with Crippen molar-refractivity contribution in [3.05, 3.63) is 75.7 Å². The van der Waals surface area contributed by atoms with E-state index in [0.717, 1.165) is 22.5 Å². The minimum atomic E-state index is -0.734. The van der Waals surface area contributed by atoms with Crippen molar-refractivity contribution in [2.24, 2.45) is 5.92 Å². The van der Waals surface area contributed by atoms with E-state index in [1.165, 1.54) is 6.92 Å². The van der Waals surface area contributed by atoms with Crippen molar-refractivity contribution in [2.45, 2.75) is 71.9 Å². The standard InChI is InChI=1S/C38H46N6O6/c1-20(2)16-30(38(47)40-25-11-9-10-24(17-25)37-42-36(21(3)4)43-44-37)41-29-15-13-26-27(19-31(29)46)28(39-22(5)45)14-12-23-18-32(48-6)34(49-7)35(50-8)33(23)26/h9-11,13,15,17-21,28,30H,12,14,16H2,1-8H3,(H,39,45)(H,40,47)(H,41,46)(H,42,43,44)/t28-,30+/m0/s1. The number of aryl methyl sites for hydroxylation is 1. The number of aromatic nitrogens is 3. The highest BCUT2D eigenvalue weighted by molar-refractivity contribution is 5.97. The molecule has 1 heterocycles. The summed E-state index contributed by atoms with van der Waals surface area (Å²) >= 11 is 0. The van der Waals surface area contributed by atoms with Gasteiger partial charge >= 0.3 is 0 Å². The Morgan fingerprint density at radius 2 is 1.74 bits per heavy atom. The summed E-state index contributed by atoms with van der Waals surface area (Å²) in [6.07, 6.45) is 1.58. The van der Waals surface area contributed by atoms with Gasteiger partial charge in [0.2, 0.25) is 23.0 Å². The van der Waals surface area contributed by atoms with Crippen LogP contribution in [0.3, 0.4) is 0 Å². The van der Waals surface area contributed by atoms with E-state index in [4.69, 9.17) is 14.2 Å². The molecule has 0 fully saturated rings. The van der Waals surface area contributed by atoms with E-state index < -0.39 is 12.1 Å². The molecule has 4 aromatic rings. The number of H-pyrrole nitrogens is 1. The Morgan fingerprint density at radius 3 is 2.38 bits per heavy atom. The zero-order valence-corrected chi connectivity index (χ0v) is 29.9. The Bertz CT molecular complexity index is 1940. The second-order valence-corrected chi connectivity index (χ2v) is 13.2. The molecule has 50 heavy (non-hydrogen) atoms. The molecule has 1 aliphatic rings. The highest BCUT2D eigenvalue weighted by Gasteiger charge is 2.30. The van der Waals surface area contributed by atoms with Crippen molar-refractivity contribution >= 4 is 23.2 Å². The fourth-order valence-corrected chi connectivity index (χ4v) is 6.34. The molecule has 0 aliphatic heterocycles. The fraction of sp³-hybridized carbons (Fsp3) is 0.395. The highest BCUT2D eigenvalue weighted by atomic mass is 16.5. The maximum absolute atomic E-state index is 14.0. The first kappa shape index (κ1) is 35.9. The van der Waals surface area contributed by atoms with Gasteiger partial charge in [0.1, 0.15) is 11.9 Å². The summed E-state index contributed by atoms with van der Waals surface area (Å²) in [5.74, 6) is 2.55. The van der Waals surface area contributed by atoms with Gasteiger partial charge in [0.15, 0.2) is 17.3 Å². The molecule has 1 aromatic heterocycles. The molecule has 264 valence electrons. The predicted octanol–water partition coefficient (Wildman–Crippen LogP) is 6.24.